The summed E-state index contributed by atoms with van der Waals surface area (Å²) < 4.78 is 37.8. The maximum absolute atomic E-state index is 12.6. The quantitative estimate of drug-likeness (QED) is 0.809. The number of rotatable bonds is 4. The number of hydrogen-bond acceptors (Lipinski definition) is 2. The Morgan fingerprint density at radius 3 is 2.26 bits per heavy atom. The molecule has 0 aromatic heterocycles. The van der Waals surface area contributed by atoms with Crippen LogP contribution in [0.25, 0.3) is 0 Å². The third kappa shape index (κ3) is 2.85. The second-order valence-electron chi connectivity index (χ2n) is 5.74. The van der Waals surface area contributed by atoms with Gasteiger partial charge in [0, 0.05) is 6.04 Å². The Hall–Kier alpha value is -0.850. The molecular formula is C12H17F3N2OS. The average molecular weight is 294 g/mol. The minimum atomic E-state index is -4.38. The summed E-state index contributed by atoms with van der Waals surface area (Å²) in [5, 5.41) is 0. The standard InChI is InChI=1S/C12H17F3N2OS/c1-7-4-11(5-7,9(16)19)10(18)17(8-2-3-8)6-12(13,14)15/h7-8H,2-6H2,1H3,(H2,16,19). The SMILES string of the molecule is CC1CC(C(=O)N(CC(F)(F)F)C2CC2)(C(N)=S)C1. The molecule has 0 heterocycles. The van der Waals surface area contributed by atoms with Crippen molar-refractivity contribution in [2.75, 3.05) is 6.54 Å². The Bertz CT molecular complexity index is 400. The fourth-order valence-electron chi connectivity index (χ4n) is 2.83. The zero-order chi connectivity index (χ0) is 14.4. The Labute approximate surface area is 115 Å². The van der Waals surface area contributed by atoms with Crippen molar-refractivity contribution in [3.05, 3.63) is 0 Å². The molecular weight excluding hydrogens is 277 g/mol. The van der Waals surface area contributed by atoms with E-state index >= 15 is 0 Å². The van der Waals surface area contributed by atoms with Gasteiger partial charge in [0.25, 0.3) is 0 Å². The van der Waals surface area contributed by atoms with Crippen LogP contribution in [-0.2, 0) is 4.79 Å². The van der Waals surface area contributed by atoms with Gasteiger partial charge in [-0.05, 0) is 31.6 Å². The van der Waals surface area contributed by atoms with Gasteiger partial charge in [-0.15, -0.1) is 0 Å². The fourth-order valence-corrected chi connectivity index (χ4v) is 3.09. The summed E-state index contributed by atoms with van der Waals surface area (Å²) in [7, 11) is 0. The summed E-state index contributed by atoms with van der Waals surface area (Å²) in [5.41, 5.74) is 4.58. The molecule has 2 fully saturated rings. The Kier molecular flexibility index (Phi) is 3.53. The average Bonchev–Trinajstić information content (AvgIpc) is 3.02. The van der Waals surface area contributed by atoms with Crippen molar-refractivity contribution in [3.8, 4) is 0 Å². The molecule has 2 saturated carbocycles. The minimum Gasteiger partial charge on any atom is -0.392 e. The van der Waals surface area contributed by atoms with Crippen LogP contribution in [0.1, 0.15) is 32.6 Å². The topological polar surface area (TPSA) is 46.3 Å². The molecule has 1 amide bonds. The summed E-state index contributed by atoms with van der Waals surface area (Å²) in [6.45, 7) is 0.740. The summed E-state index contributed by atoms with van der Waals surface area (Å²) in [4.78, 5) is 13.4. The number of alkyl halides is 3. The summed E-state index contributed by atoms with van der Waals surface area (Å²) in [6, 6.07) is -0.295. The van der Waals surface area contributed by atoms with Gasteiger partial charge in [-0.2, -0.15) is 13.2 Å². The van der Waals surface area contributed by atoms with E-state index in [9.17, 15) is 18.0 Å². The zero-order valence-corrected chi connectivity index (χ0v) is 11.5. The van der Waals surface area contributed by atoms with Gasteiger partial charge in [0.05, 0.1) is 10.4 Å². The largest absolute Gasteiger partial charge is 0.406 e. The van der Waals surface area contributed by atoms with Gasteiger partial charge in [0.1, 0.15) is 6.54 Å². The number of carbonyl (C=O) groups excluding carboxylic acids is 1. The second kappa shape index (κ2) is 4.61. The molecule has 0 aromatic rings. The van der Waals surface area contributed by atoms with Gasteiger partial charge < -0.3 is 10.6 Å². The predicted molar refractivity (Wildman–Crippen MR) is 68.4 cm³/mol. The number of thiocarbonyl (C=S) groups is 1. The highest BCUT2D eigenvalue weighted by Gasteiger charge is 2.55. The Balaban J connectivity index is 2.17. The van der Waals surface area contributed by atoms with Gasteiger partial charge in [-0.3, -0.25) is 4.79 Å². The van der Waals surface area contributed by atoms with Crippen molar-refractivity contribution in [2.45, 2.75) is 44.8 Å². The highest BCUT2D eigenvalue weighted by molar-refractivity contribution is 7.80. The molecule has 2 N–H and O–H groups in total. The van der Waals surface area contributed by atoms with E-state index in [1.54, 1.807) is 0 Å². The van der Waals surface area contributed by atoms with Crippen LogP contribution in [-0.4, -0.2) is 34.6 Å². The molecule has 0 radical (unpaired) electrons. The molecule has 2 aliphatic rings. The van der Waals surface area contributed by atoms with Crippen LogP contribution in [0.3, 0.4) is 0 Å². The number of halogens is 3. The van der Waals surface area contributed by atoms with Gasteiger partial charge in [-0.25, -0.2) is 0 Å². The number of nitrogens with two attached hydrogens (primary N) is 1. The van der Waals surface area contributed by atoms with Gasteiger partial charge >= 0.3 is 6.18 Å². The number of carbonyl (C=O) groups is 1. The van der Waals surface area contributed by atoms with Crippen LogP contribution >= 0.6 is 12.2 Å². The summed E-state index contributed by atoms with van der Waals surface area (Å²) >= 11 is 4.93. The molecule has 19 heavy (non-hydrogen) atoms. The Morgan fingerprint density at radius 1 is 1.42 bits per heavy atom. The highest BCUT2D eigenvalue weighted by Crippen LogP contribution is 2.48. The predicted octanol–water partition coefficient (Wildman–Crippen LogP) is 2.24. The number of hydrogen-bond donors (Lipinski definition) is 1. The molecule has 2 aliphatic carbocycles. The van der Waals surface area contributed by atoms with E-state index in [4.69, 9.17) is 18.0 Å². The normalized spacial score (nSPS) is 30.6. The molecule has 108 valence electrons. The van der Waals surface area contributed by atoms with Crippen LogP contribution in [0.15, 0.2) is 0 Å². The van der Waals surface area contributed by atoms with Crippen molar-refractivity contribution < 1.29 is 18.0 Å². The lowest BCUT2D eigenvalue weighted by Gasteiger charge is -2.46. The molecule has 0 spiro atoms. The van der Waals surface area contributed by atoms with Gasteiger partial charge in [0.15, 0.2) is 0 Å². The third-order valence-electron chi connectivity index (χ3n) is 3.87. The van der Waals surface area contributed by atoms with E-state index in [1.165, 1.54) is 0 Å². The smallest absolute Gasteiger partial charge is 0.392 e. The number of amides is 1. The first-order valence-corrected chi connectivity index (χ1v) is 6.74. The lowest BCUT2D eigenvalue weighted by Crippen LogP contribution is -2.58. The van der Waals surface area contributed by atoms with Gasteiger partial charge in [0.2, 0.25) is 5.91 Å². The van der Waals surface area contributed by atoms with Crippen molar-refractivity contribution >= 4 is 23.1 Å². The summed E-state index contributed by atoms with van der Waals surface area (Å²) in [6.07, 6.45) is -2.20. The van der Waals surface area contributed by atoms with E-state index in [-0.39, 0.29) is 16.9 Å². The van der Waals surface area contributed by atoms with Crippen molar-refractivity contribution in [2.24, 2.45) is 17.1 Å². The molecule has 0 saturated heterocycles. The monoisotopic (exact) mass is 294 g/mol. The van der Waals surface area contributed by atoms with E-state index in [0.29, 0.717) is 25.7 Å². The molecule has 0 atom stereocenters. The molecule has 0 unspecified atom stereocenters. The lowest BCUT2D eigenvalue weighted by molar-refractivity contribution is -0.170. The lowest BCUT2D eigenvalue weighted by atomic mass is 9.61. The molecule has 0 aromatic carbocycles. The molecule has 0 aliphatic heterocycles. The minimum absolute atomic E-state index is 0.0309. The van der Waals surface area contributed by atoms with Crippen LogP contribution in [0.4, 0.5) is 13.2 Å². The van der Waals surface area contributed by atoms with Crippen LogP contribution in [0, 0.1) is 11.3 Å². The van der Waals surface area contributed by atoms with E-state index in [1.807, 2.05) is 6.92 Å². The van der Waals surface area contributed by atoms with Crippen molar-refractivity contribution in [1.82, 2.24) is 4.90 Å². The van der Waals surface area contributed by atoms with E-state index < -0.39 is 24.0 Å². The second-order valence-corrected chi connectivity index (χ2v) is 6.18. The molecule has 3 nitrogen and oxygen atoms in total. The van der Waals surface area contributed by atoms with E-state index in [0.717, 1.165) is 4.90 Å². The first kappa shape index (κ1) is 14.6. The first-order valence-electron chi connectivity index (χ1n) is 6.33. The van der Waals surface area contributed by atoms with Crippen LogP contribution in [0.2, 0.25) is 0 Å². The third-order valence-corrected chi connectivity index (χ3v) is 4.26. The zero-order valence-electron chi connectivity index (χ0n) is 10.7. The van der Waals surface area contributed by atoms with Crippen LogP contribution in [0.5, 0.6) is 0 Å². The maximum Gasteiger partial charge on any atom is 0.406 e. The van der Waals surface area contributed by atoms with Crippen LogP contribution < -0.4 is 5.73 Å². The fraction of sp³-hybridized carbons (Fsp3) is 0.833. The summed E-state index contributed by atoms with van der Waals surface area (Å²) in [5.74, 6) is -0.254. The van der Waals surface area contributed by atoms with Gasteiger partial charge in [-0.1, -0.05) is 19.1 Å². The first-order chi connectivity index (χ1) is 8.66. The Morgan fingerprint density at radius 2 is 1.95 bits per heavy atom. The maximum atomic E-state index is 12.6. The van der Waals surface area contributed by atoms with Crippen molar-refractivity contribution in [3.63, 3.8) is 0 Å². The molecule has 0 bridgehead atoms. The number of nitrogens with zero attached hydrogens (tertiary/aromatic N) is 1. The molecule has 2 rings (SSSR count). The molecule has 7 heteroatoms. The van der Waals surface area contributed by atoms with E-state index in [2.05, 4.69) is 0 Å². The van der Waals surface area contributed by atoms with Crippen molar-refractivity contribution in [1.29, 1.82) is 0 Å². The highest BCUT2D eigenvalue weighted by atomic mass is 32.1.